The second-order valence-electron chi connectivity index (χ2n) is 3.17. The minimum Gasteiger partial charge on any atom is -0.318 e. The molecule has 1 rings (SSSR count). The largest absolute Gasteiger partial charge is 0.318 e. The van der Waals surface area contributed by atoms with Gasteiger partial charge in [-0.25, -0.2) is 0 Å². The molecule has 0 spiro atoms. The van der Waals surface area contributed by atoms with Gasteiger partial charge in [0.2, 0.25) is 0 Å². The molecule has 0 atom stereocenters. The van der Waals surface area contributed by atoms with Crippen LogP contribution in [-0.2, 0) is 0 Å². The summed E-state index contributed by atoms with van der Waals surface area (Å²) in [5.41, 5.74) is 0. The Morgan fingerprint density at radius 2 is 2.20 bits per heavy atom. The van der Waals surface area contributed by atoms with E-state index in [0.29, 0.717) is 0 Å². The molecule has 0 amide bonds. The maximum atomic E-state index is 3.16. The van der Waals surface area contributed by atoms with E-state index in [9.17, 15) is 0 Å². The van der Waals surface area contributed by atoms with Crippen LogP contribution in [0.1, 0.15) is 19.3 Å². The normalized spacial score (nSPS) is 19.5. The van der Waals surface area contributed by atoms with Crippen LogP contribution in [0.15, 0.2) is 0 Å². The third-order valence-corrected chi connectivity index (χ3v) is 2.41. The van der Waals surface area contributed by atoms with E-state index in [1.165, 1.54) is 25.8 Å². The lowest BCUT2D eigenvalue weighted by molar-refractivity contribution is 0.161. The van der Waals surface area contributed by atoms with Crippen LogP contribution in [0.2, 0.25) is 0 Å². The lowest BCUT2D eigenvalue weighted by Gasteiger charge is -2.34. The van der Waals surface area contributed by atoms with E-state index in [0.717, 1.165) is 12.6 Å². The molecule has 1 aliphatic rings. The van der Waals surface area contributed by atoms with Crippen LogP contribution in [0, 0.1) is 0 Å². The Balaban J connectivity index is 2.02. The van der Waals surface area contributed by atoms with Crippen molar-refractivity contribution in [3.63, 3.8) is 0 Å². The Morgan fingerprint density at radius 1 is 1.50 bits per heavy atom. The van der Waals surface area contributed by atoms with Gasteiger partial charge in [0.15, 0.2) is 0 Å². The molecule has 1 aliphatic carbocycles. The predicted octanol–water partition coefficient (Wildman–Crippen LogP) is 0.690. The maximum absolute atomic E-state index is 3.16. The van der Waals surface area contributed by atoms with Gasteiger partial charge < -0.3 is 10.2 Å². The zero-order valence-corrected chi connectivity index (χ0v) is 7.06. The van der Waals surface area contributed by atoms with Gasteiger partial charge in [-0.15, -0.1) is 0 Å². The molecule has 0 aromatic carbocycles. The van der Waals surface area contributed by atoms with Crippen LogP contribution in [0.25, 0.3) is 0 Å². The van der Waals surface area contributed by atoms with E-state index in [4.69, 9.17) is 0 Å². The Labute approximate surface area is 63.6 Å². The van der Waals surface area contributed by atoms with Gasteiger partial charge in [0, 0.05) is 19.1 Å². The van der Waals surface area contributed by atoms with Crippen molar-refractivity contribution in [1.82, 2.24) is 10.2 Å². The first-order valence-corrected chi connectivity index (χ1v) is 4.19. The van der Waals surface area contributed by atoms with Crippen molar-refractivity contribution in [1.29, 1.82) is 0 Å². The van der Waals surface area contributed by atoms with Gasteiger partial charge in [-0.3, -0.25) is 0 Å². The summed E-state index contributed by atoms with van der Waals surface area (Å²) in [6.07, 6.45) is 4.27. The van der Waals surface area contributed by atoms with Gasteiger partial charge in [0.25, 0.3) is 0 Å². The zero-order chi connectivity index (χ0) is 7.40. The Hall–Kier alpha value is -0.0800. The lowest BCUT2D eigenvalue weighted by Crippen LogP contribution is -2.40. The van der Waals surface area contributed by atoms with Crippen LogP contribution >= 0.6 is 0 Å². The van der Waals surface area contributed by atoms with Gasteiger partial charge in [0.1, 0.15) is 0 Å². The smallest absolute Gasteiger partial charge is 0.0107 e. The molecule has 2 nitrogen and oxygen atoms in total. The summed E-state index contributed by atoms with van der Waals surface area (Å²) in [5, 5.41) is 3.16. The molecule has 0 aliphatic heterocycles. The molecule has 0 heterocycles. The summed E-state index contributed by atoms with van der Waals surface area (Å²) in [5.74, 6) is 0. The quantitative estimate of drug-likeness (QED) is 0.621. The highest BCUT2D eigenvalue weighted by Crippen LogP contribution is 2.22. The molecule has 60 valence electrons. The fourth-order valence-electron chi connectivity index (χ4n) is 1.30. The fraction of sp³-hybridized carbons (Fsp3) is 1.00. The third-order valence-electron chi connectivity index (χ3n) is 2.41. The van der Waals surface area contributed by atoms with Crippen LogP contribution in [0.3, 0.4) is 0 Å². The summed E-state index contributed by atoms with van der Waals surface area (Å²) in [7, 11) is 4.23. The number of nitrogens with zero attached hydrogens (tertiary/aromatic N) is 1. The highest BCUT2D eigenvalue weighted by Gasteiger charge is 2.20. The summed E-state index contributed by atoms with van der Waals surface area (Å²) in [4.78, 5) is 2.46. The molecule has 0 unspecified atom stereocenters. The SMILES string of the molecule is CNCCN(C)C1CCC1. The molecular formula is C8H18N2. The van der Waals surface area contributed by atoms with Crippen molar-refractivity contribution >= 4 is 0 Å². The summed E-state index contributed by atoms with van der Waals surface area (Å²) in [6, 6.07) is 0.897. The molecule has 1 N–H and O–H groups in total. The monoisotopic (exact) mass is 142 g/mol. The fourth-order valence-corrected chi connectivity index (χ4v) is 1.30. The lowest BCUT2D eigenvalue weighted by atomic mass is 9.92. The average molecular weight is 142 g/mol. The van der Waals surface area contributed by atoms with Crippen LogP contribution in [-0.4, -0.2) is 38.1 Å². The Kier molecular flexibility index (Phi) is 3.16. The first-order valence-electron chi connectivity index (χ1n) is 4.19. The van der Waals surface area contributed by atoms with Crippen molar-refractivity contribution in [3.05, 3.63) is 0 Å². The maximum Gasteiger partial charge on any atom is 0.0107 e. The molecule has 0 saturated heterocycles. The van der Waals surface area contributed by atoms with Gasteiger partial charge >= 0.3 is 0 Å². The number of hydrogen-bond acceptors (Lipinski definition) is 2. The highest BCUT2D eigenvalue weighted by molar-refractivity contribution is 4.77. The third kappa shape index (κ3) is 1.96. The van der Waals surface area contributed by atoms with E-state index < -0.39 is 0 Å². The van der Waals surface area contributed by atoms with Gasteiger partial charge in [-0.1, -0.05) is 6.42 Å². The van der Waals surface area contributed by atoms with Crippen LogP contribution < -0.4 is 5.32 Å². The summed E-state index contributed by atoms with van der Waals surface area (Å²) in [6.45, 7) is 2.31. The van der Waals surface area contributed by atoms with Crippen molar-refractivity contribution in [2.24, 2.45) is 0 Å². The number of hydrogen-bond donors (Lipinski definition) is 1. The highest BCUT2D eigenvalue weighted by atomic mass is 15.1. The van der Waals surface area contributed by atoms with E-state index >= 15 is 0 Å². The number of likely N-dealkylation sites (N-methyl/N-ethyl adjacent to an activating group) is 2. The van der Waals surface area contributed by atoms with E-state index in [1.54, 1.807) is 0 Å². The van der Waals surface area contributed by atoms with Crippen LogP contribution in [0.5, 0.6) is 0 Å². The first kappa shape index (κ1) is 8.02. The van der Waals surface area contributed by atoms with Crippen molar-refractivity contribution in [3.8, 4) is 0 Å². The van der Waals surface area contributed by atoms with E-state index in [-0.39, 0.29) is 0 Å². The van der Waals surface area contributed by atoms with Crippen molar-refractivity contribution in [2.45, 2.75) is 25.3 Å². The molecule has 1 fully saturated rings. The standard InChI is InChI=1S/C8H18N2/c1-9-6-7-10(2)8-4-3-5-8/h8-9H,3-7H2,1-2H3. The molecular weight excluding hydrogens is 124 g/mol. The predicted molar refractivity (Wildman–Crippen MR) is 44.2 cm³/mol. The average Bonchev–Trinajstić information content (AvgIpc) is 1.79. The molecule has 1 saturated carbocycles. The summed E-state index contributed by atoms with van der Waals surface area (Å²) < 4.78 is 0. The van der Waals surface area contributed by atoms with Gasteiger partial charge in [-0.05, 0) is 26.9 Å². The molecule has 0 radical (unpaired) electrons. The molecule has 0 aromatic rings. The van der Waals surface area contributed by atoms with Crippen LogP contribution in [0.4, 0.5) is 0 Å². The van der Waals surface area contributed by atoms with E-state index in [2.05, 4.69) is 17.3 Å². The van der Waals surface area contributed by atoms with Crippen molar-refractivity contribution in [2.75, 3.05) is 27.2 Å². The molecule has 0 aromatic heterocycles. The Bertz CT molecular complexity index is 89.3. The zero-order valence-electron chi connectivity index (χ0n) is 7.06. The molecule has 0 bridgehead atoms. The topological polar surface area (TPSA) is 15.3 Å². The van der Waals surface area contributed by atoms with Crippen molar-refractivity contribution < 1.29 is 0 Å². The van der Waals surface area contributed by atoms with Gasteiger partial charge in [0.05, 0.1) is 0 Å². The Morgan fingerprint density at radius 3 is 2.60 bits per heavy atom. The van der Waals surface area contributed by atoms with E-state index in [1.807, 2.05) is 7.05 Å². The van der Waals surface area contributed by atoms with Gasteiger partial charge in [-0.2, -0.15) is 0 Å². The minimum absolute atomic E-state index is 0.897. The first-order chi connectivity index (χ1) is 4.84. The number of nitrogens with one attached hydrogen (secondary N) is 1. The summed E-state index contributed by atoms with van der Waals surface area (Å²) >= 11 is 0. The second-order valence-corrected chi connectivity index (χ2v) is 3.17. The minimum atomic E-state index is 0.897. The number of rotatable bonds is 4. The molecule has 10 heavy (non-hydrogen) atoms. The molecule has 2 heteroatoms. The second kappa shape index (κ2) is 3.94.